The van der Waals surface area contributed by atoms with E-state index in [9.17, 15) is 9.59 Å². The number of hydrogen-bond donors (Lipinski definition) is 1. The van der Waals surface area contributed by atoms with Crippen molar-refractivity contribution in [2.45, 2.75) is 39.7 Å². The van der Waals surface area contributed by atoms with E-state index in [-0.39, 0.29) is 11.8 Å². The fourth-order valence-corrected chi connectivity index (χ4v) is 2.02. The average Bonchev–Trinajstić information content (AvgIpc) is 2.51. The summed E-state index contributed by atoms with van der Waals surface area (Å²) in [7, 11) is 0. The zero-order valence-electron chi connectivity index (χ0n) is 14.5. The van der Waals surface area contributed by atoms with E-state index < -0.39 is 23.9 Å². The Morgan fingerprint density at radius 2 is 1.39 bits per heavy atom. The van der Waals surface area contributed by atoms with Crippen LogP contribution in [0.4, 0.5) is 0 Å². The van der Waals surface area contributed by atoms with E-state index >= 15 is 0 Å². The first kappa shape index (κ1) is 19.2. The largest absolute Gasteiger partial charge is 0.465 e. The number of esters is 2. The van der Waals surface area contributed by atoms with E-state index in [2.05, 4.69) is 5.73 Å². The molecule has 0 aliphatic rings. The molecule has 3 N–H and O–H groups in total. The first-order chi connectivity index (χ1) is 10.8. The highest BCUT2D eigenvalue weighted by Gasteiger charge is 2.38. The molecule has 0 aliphatic heterocycles. The Hall–Kier alpha value is -1.88. The third kappa shape index (κ3) is 6.40. The Morgan fingerprint density at radius 3 is 1.87 bits per heavy atom. The smallest absolute Gasteiger partial charge is 0.366 e. The van der Waals surface area contributed by atoms with Crippen LogP contribution in [0.2, 0.25) is 0 Å². The highest BCUT2D eigenvalue weighted by Crippen LogP contribution is 2.21. The maximum absolute atomic E-state index is 12.5. The van der Waals surface area contributed by atoms with E-state index in [1.807, 2.05) is 45.9 Å². The van der Waals surface area contributed by atoms with Gasteiger partial charge in [0.1, 0.15) is 5.92 Å². The standard InChI is InChI=1S/C18H27NO4/c1-12(2)10-22-17(20)15(14-8-6-5-7-9-14)16(19)18(21)23-11-13(3)4/h5-9,12-13,15-16H,10-11,19H2,1-4H3/p+1/t15-,16+/m0/s1. The van der Waals surface area contributed by atoms with Crippen LogP contribution in [0.3, 0.4) is 0 Å². The lowest BCUT2D eigenvalue weighted by molar-refractivity contribution is -0.412. The third-order valence-corrected chi connectivity index (χ3v) is 3.24. The first-order valence-corrected chi connectivity index (χ1v) is 8.04. The molecule has 0 saturated carbocycles. The molecule has 2 atom stereocenters. The molecule has 0 bridgehead atoms. The van der Waals surface area contributed by atoms with Gasteiger partial charge in [-0.1, -0.05) is 58.0 Å². The second kappa shape index (κ2) is 9.30. The lowest BCUT2D eigenvalue weighted by Gasteiger charge is -2.20. The van der Waals surface area contributed by atoms with Gasteiger partial charge in [-0.15, -0.1) is 0 Å². The Labute approximate surface area is 138 Å². The zero-order chi connectivity index (χ0) is 17.4. The second-order valence-electron chi connectivity index (χ2n) is 6.54. The van der Waals surface area contributed by atoms with Gasteiger partial charge >= 0.3 is 11.9 Å². The summed E-state index contributed by atoms with van der Waals surface area (Å²) in [4.78, 5) is 24.7. The zero-order valence-corrected chi connectivity index (χ0v) is 14.5. The van der Waals surface area contributed by atoms with E-state index in [0.717, 1.165) is 0 Å². The van der Waals surface area contributed by atoms with Gasteiger partial charge in [0.05, 0.1) is 13.2 Å². The molecule has 0 heterocycles. The van der Waals surface area contributed by atoms with Crippen LogP contribution in [0.15, 0.2) is 30.3 Å². The van der Waals surface area contributed by atoms with Crippen molar-refractivity contribution in [1.29, 1.82) is 0 Å². The maximum atomic E-state index is 12.5. The van der Waals surface area contributed by atoms with Gasteiger partial charge in [0.15, 0.2) is 0 Å². The van der Waals surface area contributed by atoms with Crippen LogP contribution in [0.25, 0.3) is 0 Å². The molecule has 5 heteroatoms. The van der Waals surface area contributed by atoms with Gasteiger partial charge in [0.25, 0.3) is 0 Å². The predicted molar refractivity (Wildman–Crippen MR) is 87.5 cm³/mol. The third-order valence-electron chi connectivity index (χ3n) is 3.24. The van der Waals surface area contributed by atoms with Crippen molar-refractivity contribution in [3.63, 3.8) is 0 Å². The molecule has 0 fully saturated rings. The summed E-state index contributed by atoms with van der Waals surface area (Å²) >= 11 is 0. The van der Waals surface area contributed by atoms with Crippen molar-refractivity contribution >= 4 is 11.9 Å². The number of ether oxygens (including phenoxy) is 2. The monoisotopic (exact) mass is 322 g/mol. The highest BCUT2D eigenvalue weighted by molar-refractivity contribution is 5.87. The summed E-state index contributed by atoms with van der Waals surface area (Å²) < 4.78 is 10.6. The molecule has 128 valence electrons. The number of quaternary nitrogens is 1. The maximum Gasteiger partial charge on any atom is 0.366 e. The summed E-state index contributed by atoms with van der Waals surface area (Å²) in [5, 5.41) is 0. The quantitative estimate of drug-likeness (QED) is 0.740. The summed E-state index contributed by atoms with van der Waals surface area (Å²) in [6.45, 7) is 8.46. The SMILES string of the molecule is CC(C)COC(=O)[C@H]([NH3+])[C@@H](C(=O)OCC(C)C)c1ccccc1. The van der Waals surface area contributed by atoms with E-state index in [1.165, 1.54) is 0 Å². The van der Waals surface area contributed by atoms with Crippen molar-refractivity contribution in [2.75, 3.05) is 13.2 Å². The Morgan fingerprint density at radius 1 is 0.913 bits per heavy atom. The van der Waals surface area contributed by atoms with Gasteiger partial charge < -0.3 is 15.2 Å². The van der Waals surface area contributed by atoms with Crippen molar-refractivity contribution in [3.8, 4) is 0 Å². The van der Waals surface area contributed by atoms with Crippen LogP contribution in [-0.2, 0) is 19.1 Å². The van der Waals surface area contributed by atoms with Gasteiger partial charge in [-0.25, -0.2) is 4.79 Å². The average molecular weight is 322 g/mol. The van der Waals surface area contributed by atoms with Crippen LogP contribution in [0, 0.1) is 11.8 Å². The molecular weight excluding hydrogens is 294 g/mol. The molecule has 5 nitrogen and oxygen atoms in total. The van der Waals surface area contributed by atoms with Crippen molar-refractivity contribution in [3.05, 3.63) is 35.9 Å². The van der Waals surface area contributed by atoms with Gasteiger partial charge in [-0.2, -0.15) is 0 Å². The lowest BCUT2D eigenvalue weighted by atomic mass is 9.92. The summed E-state index contributed by atoms with van der Waals surface area (Å²) in [6, 6.07) is 8.27. The minimum atomic E-state index is -0.837. The molecule has 1 aromatic carbocycles. The normalized spacial score (nSPS) is 13.7. The van der Waals surface area contributed by atoms with Crippen molar-refractivity contribution in [2.24, 2.45) is 11.8 Å². The Kier molecular flexibility index (Phi) is 7.75. The highest BCUT2D eigenvalue weighted by atomic mass is 16.5. The van der Waals surface area contributed by atoms with Crippen LogP contribution < -0.4 is 5.73 Å². The molecule has 23 heavy (non-hydrogen) atoms. The summed E-state index contributed by atoms with van der Waals surface area (Å²) in [5.41, 5.74) is 4.58. The number of hydrogen-bond acceptors (Lipinski definition) is 4. The topological polar surface area (TPSA) is 80.2 Å². The second-order valence-corrected chi connectivity index (χ2v) is 6.54. The molecule has 0 unspecified atom stereocenters. The molecule has 1 aromatic rings. The number of carbonyl (C=O) groups excluding carboxylic acids is 2. The molecule has 0 amide bonds. The fraction of sp³-hybridized carbons (Fsp3) is 0.556. The first-order valence-electron chi connectivity index (χ1n) is 8.04. The Balaban J connectivity index is 2.90. The van der Waals surface area contributed by atoms with Gasteiger partial charge in [0.2, 0.25) is 6.04 Å². The van der Waals surface area contributed by atoms with Crippen molar-refractivity contribution < 1.29 is 24.8 Å². The van der Waals surface area contributed by atoms with E-state index in [0.29, 0.717) is 18.8 Å². The van der Waals surface area contributed by atoms with Gasteiger partial charge in [0, 0.05) is 0 Å². The molecule has 0 radical (unpaired) electrons. The van der Waals surface area contributed by atoms with Crippen LogP contribution in [-0.4, -0.2) is 31.2 Å². The number of rotatable bonds is 8. The number of carbonyl (C=O) groups is 2. The van der Waals surface area contributed by atoms with Gasteiger partial charge in [-0.05, 0) is 17.4 Å². The number of benzene rings is 1. The molecule has 1 rings (SSSR count). The van der Waals surface area contributed by atoms with E-state index in [1.54, 1.807) is 12.1 Å². The van der Waals surface area contributed by atoms with Crippen LogP contribution in [0.5, 0.6) is 0 Å². The minimum absolute atomic E-state index is 0.228. The van der Waals surface area contributed by atoms with Crippen LogP contribution >= 0.6 is 0 Å². The Bertz CT molecular complexity index is 499. The molecule has 0 aromatic heterocycles. The minimum Gasteiger partial charge on any atom is -0.465 e. The lowest BCUT2D eigenvalue weighted by Crippen LogP contribution is -2.69. The van der Waals surface area contributed by atoms with E-state index in [4.69, 9.17) is 9.47 Å². The fourth-order valence-electron chi connectivity index (χ4n) is 2.02. The predicted octanol–water partition coefficient (Wildman–Crippen LogP) is 1.78. The van der Waals surface area contributed by atoms with Crippen molar-refractivity contribution in [1.82, 2.24) is 0 Å². The molecule has 0 spiro atoms. The molecular formula is C18H28NO4+. The summed E-state index contributed by atoms with van der Waals surface area (Å²) in [6.07, 6.45) is 0. The molecule has 0 saturated heterocycles. The molecule has 0 aliphatic carbocycles. The van der Waals surface area contributed by atoms with Gasteiger partial charge in [-0.3, -0.25) is 4.79 Å². The summed E-state index contributed by atoms with van der Waals surface area (Å²) in [5.74, 6) is -1.21. The van der Waals surface area contributed by atoms with Crippen LogP contribution in [0.1, 0.15) is 39.2 Å².